The molecule has 1 aliphatic heterocycles. The van der Waals surface area contributed by atoms with E-state index < -0.39 is 0 Å². The number of amides is 1. The highest BCUT2D eigenvalue weighted by Gasteiger charge is 2.22. The van der Waals surface area contributed by atoms with E-state index >= 15 is 0 Å². The van der Waals surface area contributed by atoms with Crippen molar-refractivity contribution in [3.8, 4) is 11.4 Å². The molecule has 0 aliphatic carbocycles. The number of thiophene rings is 1. The Kier molecular flexibility index (Phi) is 6.86. The lowest BCUT2D eigenvalue weighted by Gasteiger charge is -2.14. The van der Waals surface area contributed by atoms with E-state index in [1.807, 2.05) is 31.2 Å². The van der Waals surface area contributed by atoms with Crippen LogP contribution in [0.4, 0.5) is 5.69 Å². The van der Waals surface area contributed by atoms with Crippen LogP contribution in [0.25, 0.3) is 11.4 Å². The first-order valence-electron chi connectivity index (χ1n) is 10.2. The predicted octanol–water partition coefficient (Wildman–Crippen LogP) is 4.79. The fourth-order valence-corrected chi connectivity index (χ4v) is 5.06. The number of hydrogen-bond donors (Lipinski definition) is 1. The van der Waals surface area contributed by atoms with Crippen LogP contribution in [0.15, 0.2) is 40.9 Å². The Morgan fingerprint density at radius 3 is 3.00 bits per heavy atom. The number of carbonyl (C=O) groups excluding carboxylic acids is 1. The molecule has 0 radical (unpaired) electrons. The fourth-order valence-electron chi connectivity index (χ4n) is 3.50. The number of carbonyl (C=O) groups is 1. The van der Waals surface area contributed by atoms with Gasteiger partial charge < -0.3 is 10.1 Å². The van der Waals surface area contributed by atoms with Gasteiger partial charge in [0.25, 0.3) is 0 Å². The predicted molar refractivity (Wildman–Crippen MR) is 122 cm³/mol. The first-order chi connectivity index (χ1) is 14.6. The van der Waals surface area contributed by atoms with Gasteiger partial charge >= 0.3 is 0 Å². The van der Waals surface area contributed by atoms with Gasteiger partial charge in [-0.15, -0.1) is 21.5 Å². The van der Waals surface area contributed by atoms with Crippen molar-refractivity contribution in [3.05, 3.63) is 46.2 Å². The summed E-state index contributed by atoms with van der Waals surface area (Å²) in [6.07, 6.45) is 3.30. The Balaban J connectivity index is 1.49. The van der Waals surface area contributed by atoms with Crippen LogP contribution in [0.2, 0.25) is 0 Å². The summed E-state index contributed by atoms with van der Waals surface area (Å²) in [4.78, 5) is 13.8. The number of aryl methyl sites for hydroxylation is 2. The van der Waals surface area contributed by atoms with Crippen molar-refractivity contribution in [2.45, 2.75) is 50.9 Å². The summed E-state index contributed by atoms with van der Waals surface area (Å²) in [5.74, 6) is 1.08. The second-order valence-corrected chi connectivity index (χ2v) is 9.35. The van der Waals surface area contributed by atoms with E-state index in [-0.39, 0.29) is 17.8 Å². The highest BCUT2D eigenvalue weighted by atomic mass is 32.2. The smallest absolute Gasteiger partial charge is 0.234 e. The monoisotopic (exact) mass is 442 g/mol. The minimum absolute atomic E-state index is 0.0531. The third kappa shape index (κ3) is 5.11. The molecule has 1 N–H and O–H groups in total. The van der Waals surface area contributed by atoms with E-state index in [1.165, 1.54) is 16.6 Å². The van der Waals surface area contributed by atoms with Crippen molar-refractivity contribution in [3.63, 3.8) is 0 Å². The van der Waals surface area contributed by atoms with E-state index in [0.717, 1.165) is 53.7 Å². The molecule has 0 bridgehead atoms. The molecule has 158 valence electrons. The highest BCUT2D eigenvalue weighted by Crippen LogP contribution is 2.29. The number of thioether (sulfide) groups is 1. The molecule has 0 saturated carbocycles. The average molecular weight is 443 g/mol. The Morgan fingerprint density at radius 1 is 1.37 bits per heavy atom. The van der Waals surface area contributed by atoms with E-state index in [1.54, 1.807) is 11.3 Å². The lowest BCUT2D eigenvalue weighted by Crippen LogP contribution is -2.18. The summed E-state index contributed by atoms with van der Waals surface area (Å²) < 4.78 is 7.97. The molecule has 1 fully saturated rings. The maximum Gasteiger partial charge on any atom is 0.234 e. The van der Waals surface area contributed by atoms with Gasteiger partial charge in [0.1, 0.15) is 0 Å². The van der Waals surface area contributed by atoms with E-state index in [4.69, 9.17) is 4.74 Å². The van der Waals surface area contributed by atoms with Gasteiger partial charge in [0.2, 0.25) is 5.91 Å². The van der Waals surface area contributed by atoms with Crippen molar-refractivity contribution in [2.24, 2.45) is 0 Å². The molecule has 2 aromatic heterocycles. The zero-order valence-corrected chi connectivity index (χ0v) is 18.9. The van der Waals surface area contributed by atoms with E-state index in [2.05, 4.69) is 38.5 Å². The number of nitrogens with zero attached hydrogens (tertiary/aromatic N) is 3. The molecule has 4 rings (SSSR count). The van der Waals surface area contributed by atoms with Crippen molar-refractivity contribution in [1.29, 1.82) is 0 Å². The summed E-state index contributed by atoms with van der Waals surface area (Å²) in [6, 6.07) is 9.99. The van der Waals surface area contributed by atoms with Crippen LogP contribution in [-0.4, -0.2) is 39.1 Å². The number of anilines is 1. The molecule has 1 amide bonds. The third-order valence-corrected chi connectivity index (χ3v) is 7.07. The van der Waals surface area contributed by atoms with Crippen LogP contribution < -0.4 is 5.32 Å². The van der Waals surface area contributed by atoms with Crippen molar-refractivity contribution >= 4 is 34.7 Å². The molecule has 3 aromatic rings. The zero-order chi connectivity index (χ0) is 20.9. The molecule has 0 spiro atoms. The molecule has 3 heterocycles. The Bertz CT molecular complexity index is 1010. The lowest BCUT2D eigenvalue weighted by atomic mass is 10.2. The van der Waals surface area contributed by atoms with Crippen molar-refractivity contribution < 1.29 is 9.53 Å². The molecule has 6 nitrogen and oxygen atoms in total. The van der Waals surface area contributed by atoms with Crippen LogP contribution >= 0.6 is 23.1 Å². The molecule has 0 unspecified atom stereocenters. The summed E-state index contributed by atoms with van der Waals surface area (Å²) in [5.41, 5.74) is 3.01. The third-order valence-electron chi connectivity index (χ3n) is 5.02. The van der Waals surface area contributed by atoms with Crippen molar-refractivity contribution in [2.75, 3.05) is 17.7 Å². The van der Waals surface area contributed by atoms with Crippen LogP contribution in [-0.2, 0) is 22.5 Å². The highest BCUT2D eigenvalue weighted by molar-refractivity contribution is 7.99. The first kappa shape index (κ1) is 21.1. The zero-order valence-electron chi connectivity index (χ0n) is 17.3. The van der Waals surface area contributed by atoms with E-state index in [9.17, 15) is 4.79 Å². The van der Waals surface area contributed by atoms with E-state index in [0.29, 0.717) is 6.54 Å². The fraction of sp³-hybridized carbons (Fsp3) is 0.409. The quantitative estimate of drug-likeness (QED) is 0.508. The summed E-state index contributed by atoms with van der Waals surface area (Å²) in [7, 11) is 0. The molecule has 30 heavy (non-hydrogen) atoms. The van der Waals surface area contributed by atoms with Gasteiger partial charge in [-0.05, 0) is 49.9 Å². The molecule has 1 saturated heterocycles. The number of rotatable bonds is 8. The Labute approximate surface area is 185 Å². The molecule has 1 aromatic carbocycles. The van der Waals surface area contributed by atoms with Gasteiger partial charge in [0, 0.05) is 28.1 Å². The average Bonchev–Trinajstić information content (AvgIpc) is 3.48. The normalized spacial score (nSPS) is 16.1. The second-order valence-electron chi connectivity index (χ2n) is 7.41. The number of benzene rings is 1. The largest absolute Gasteiger partial charge is 0.376 e. The van der Waals surface area contributed by atoms with Gasteiger partial charge in [-0.1, -0.05) is 30.8 Å². The minimum atomic E-state index is -0.0531. The van der Waals surface area contributed by atoms with Crippen LogP contribution in [0.3, 0.4) is 0 Å². The first-order valence-corrected chi connectivity index (χ1v) is 12.1. The Morgan fingerprint density at radius 2 is 2.27 bits per heavy atom. The Hall–Kier alpha value is -2.16. The topological polar surface area (TPSA) is 69.0 Å². The van der Waals surface area contributed by atoms with Gasteiger partial charge in [0.05, 0.1) is 18.4 Å². The molecular formula is C22H26N4O2S2. The van der Waals surface area contributed by atoms with Gasteiger partial charge in [-0.2, -0.15) is 0 Å². The van der Waals surface area contributed by atoms with Gasteiger partial charge in [-0.3, -0.25) is 9.36 Å². The van der Waals surface area contributed by atoms with Crippen molar-refractivity contribution in [1.82, 2.24) is 14.8 Å². The molecule has 1 aliphatic rings. The summed E-state index contributed by atoms with van der Waals surface area (Å²) >= 11 is 3.16. The van der Waals surface area contributed by atoms with Crippen LogP contribution in [0.5, 0.6) is 0 Å². The lowest BCUT2D eigenvalue weighted by molar-refractivity contribution is -0.113. The standard InChI is InChI=1S/C22H26N4O2S2/c1-3-19-11-16(13-29-19)21-24-25-22(26(21)12-18-8-5-9-28-18)30-14-20(27)23-17-7-4-6-15(2)10-17/h4,6-7,10-11,13,18H,3,5,8-9,12,14H2,1-2H3,(H,23,27)/t18-/m0/s1. The number of hydrogen-bond acceptors (Lipinski definition) is 6. The second kappa shape index (κ2) is 9.76. The maximum atomic E-state index is 12.5. The minimum Gasteiger partial charge on any atom is -0.376 e. The SMILES string of the molecule is CCc1cc(-c2nnc(SCC(=O)Nc3cccc(C)c3)n2C[C@@H]2CCCO2)cs1. The van der Waals surface area contributed by atoms with Crippen LogP contribution in [0.1, 0.15) is 30.2 Å². The molecule has 8 heteroatoms. The van der Waals surface area contributed by atoms with Gasteiger partial charge in [0.15, 0.2) is 11.0 Å². The maximum absolute atomic E-state index is 12.5. The summed E-state index contributed by atoms with van der Waals surface area (Å²) in [6.45, 7) is 5.68. The summed E-state index contributed by atoms with van der Waals surface area (Å²) in [5, 5.41) is 14.7. The molecule has 1 atom stereocenters. The van der Waals surface area contributed by atoms with Crippen LogP contribution in [0, 0.1) is 6.92 Å². The number of ether oxygens (including phenoxy) is 1. The molecular weight excluding hydrogens is 416 g/mol. The van der Waals surface area contributed by atoms with Gasteiger partial charge in [-0.25, -0.2) is 0 Å². The number of nitrogens with one attached hydrogen (secondary N) is 1. The number of aromatic nitrogens is 3.